The fourth-order valence-corrected chi connectivity index (χ4v) is 7.00. The monoisotopic (exact) mass is 552 g/mol. The Morgan fingerprint density at radius 3 is 2.78 bits per heavy atom. The summed E-state index contributed by atoms with van der Waals surface area (Å²) in [5.41, 5.74) is 5.40. The molecular weight excluding hydrogens is 532 g/mol. The molecule has 3 heterocycles. The van der Waals surface area contributed by atoms with Gasteiger partial charge in [0.2, 0.25) is 0 Å². The van der Waals surface area contributed by atoms with Crippen LogP contribution in [0.2, 0.25) is 0 Å². The van der Waals surface area contributed by atoms with Crippen LogP contribution in [0, 0.1) is 5.92 Å². The number of fused-ring (bicyclic) bond motifs is 1. The third-order valence-corrected chi connectivity index (χ3v) is 8.75. The Bertz CT molecular complexity index is 1370. The normalized spacial score (nSPS) is 21.6. The van der Waals surface area contributed by atoms with Crippen LogP contribution in [0.4, 0.5) is 5.13 Å². The van der Waals surface area contributed by atoms with E-state index < -0.39 is 46.2 Å². The number of ketones is 1. The Hall–Kier alpha value is -3.37. The smallest absolute Gasteiger partial charge is 0.332 e. The van der Waals surface area contributed by atoms with Gasteiger partial charge < -0.3 is 30.7 Å². The summed E-state index contributed by atoms with van der Waals surface area (Å²) >= 11 is 3.60. The molecule has 36 heavy (non-hydrogen) atoms. The number of hydrogen-bond donors (Lipinski definition) is 4. The minimum atomic E-state index is -1.22. The third-order valence-electron chi connectivity index (χ3n) is 5.50. The van der Waals surface area contributed by atoms with Crippen molar-refractivity contribution in [3.8, 4) is 5.75 Å². The number of anilines is 1. The molecule has 3 atom stereocenters. The number of nitrogens with one attached hydrogen (secondary N) is 1. The summed E-state index contributed by atoms with van der Waals surface area (Å²) in [6, 6.07) is -0.909. The van der Waals surface area contributed by atoms with Crippen molar-refractivity contribution < 1.29 is 29.4 Å². The van der Waals surface area contributed by atoms with E-state index in [1.807, 2.05) is 0 Å². The maximum atomic E-state index is 13.0. The molecule has 0 saturated heterocycles. The highest BCUT2D eigenvalue weighted by atomic mass is 32.2. The number of thioether (sulfide) groups is 2. The molecule has 1 saturated carbocycles. The molecule has 2 aliphatic rings. The molecule has 1 amide bonds. The standard InChI is InChI=1S/C20H20N6O7S3/c1-26-3-9(27)16(29)24-20(26)36-5-7-4-34-15-11(10(7)18(31)32)14(28)13(15)23-17(30)12(25-33-2)8-6-35-19(21)22-8/h3,6,11,13,15,27H,4-5H2,1-2H3,(H2,21,22)(H,23,30)(H,31,32)/b25-12-/t11?,13-,15+/m1/s1. The van der Waals surface area contributed by atoms with E-state index in [9.17, 15) is 29.4 Å². The number of nitrogens with zero attached hydrogens (tertiary/aromatic N) is 4. The van der Waals surface area contributed by atoms with Gasteiger partial charge in [-0.05, 0) is 5.57 Å². The maximum Gasteiger partial charge on any atom is 0.332 e. The van der Waals surface area contributed by atoms with E-state index in [-0.39, 0.29) is 27.9 Å². The van der Waals surface area contributed by atoms with E-state index >= 15 is 0 Å². The van der Waals surface area contributed by atoms with Gasteiger partial charge in [-0.25, -0.2) is 9.78 Å². The van der Waals surface area contributed by atoms with E-state index in [1.54, 1.807) is 7.05 Å². The number of Topliss-reactive ketones (excluding diaryl/α,β-unsaturated/α-hetero) is 1. The molecule has 0 aromatic carbocycles. The van der Waals surface area contributed by atoms with Gasteiger partial charge in [0.15, 0.2) is 27.5 Å². The maximum absolute atomic E-state index is 13.0. The number of carboxylic acid groups (broad SMARTS) is 1. The van der Waals surface area contributed by atoms with Crippen molar-refractivity contribution in [3.63, 3.8) is 0 Å². The molecular formula is C20H20N6O7S3. The van der Waals surface area contributed by atoms with Crippen molar-refractivity contribution >= 4 is 63.4 Å². The number of carboxylic acids is 1. The van der Waals surface area contributed by atoms with Crippen LogP contribution < -0.4 is 16.6 Å². The predicted molar refractivity (Wildman–Crippen MR) is 133 cm³/mol. The van der Waals surface area contributed by atoms with Crippen LogP contribution in [0.1, 0.15) is 5.69 Å². The van der Waals surface area contributed by atoms with Crippen molar-refractivity contribution in [1.29, 1.82) is 0 Å². The average Bonchev–Trinajstić information content (AvgIpc) is 3.27. The van der Waals surface area contributed by atoms with Gasteiger partial charge in [0.25, 0.3) is 5.91 Å². The second kappa shape index (κ2) is 10.3. The lowest BCUT2D eigenvalue weighted by Crippen LogP contribution is -2.66. The summed E-state index contributed by atoms with van der Waals surface area (Å²) in [5, 5.41) is 27.3. The van der Waals surface area contributed by atoms with Crippen LogP contribution in [-0.4, -0.2) is 78.0 Å². The number of aromatic nitrogens is 3. The van der Waals surface area contributed by atoms with Gasteiger partial charge in [0, 0.05) is 34.8 Å². The quantitative estimate of drug-likeness (QED) is 0.146. The van der Waals surface area contributed by atoms with E-state index in [1.165, 1.54) is 35.0 Å². The SMILES string of the molecule is CO/N=C(\C(=O)N[C@@H]1C(=O)C2C(C(=O)O)=C(CSc3nc(=O)c(O)cn3C)CS[C@@H]21)c1csc(N)n1. The summed E-state index contributed by atoms with van der Waals surface area (Å²) in [6.45, 7) is 0. The number of hydrogen-bond acceptors (Lipinski definition) is 13. The van der Waals surface area contributed by atoms with E-state index in [2.05, 4.69) is 20.4 Å². The lowest BCUT2D eigenvalue weighted by Gasteiger charge is -2.46. The Morgan fingerprint density at radius 2 is 2.14 bits per heavy atom. The molecule has 5 N–H and O–H groups in total. The van der Waals surface area contributed by atoms with Crippen molar-refractivity contribution in [2.45, 2.75) is 16.4 Å². The number of oxime groups is 1. The number of nitrogen functional groups attached to an aromatic ring is 1. The van der Waals surface area contributed by atoms with Crippen molar-refractivity contribution in [1.82, 2.24) is 19.9 Å². The van der Waals surface area contributed by atoms with Crippen LogP contribution in [-0.2, 0) is 26.3 Å². The molecule has 4 rings (SSSR count). The number of carbonyl (C=O) groups is 3. The van der Waals surface area contributed by atoms with Crippen LogP contribution in [0.5, 0.6) is 5.75 Å². The van der Waals surface area contributed by atoms with E-state index in [4.69, 9.17) is 10.6 Å². The van der Waals surface area contributed by atoms with Gasteiger partial charge in [-0.1, -0.05) is 16.9 Å². The number of amides is 1. The molecule has 0 spiro atoms. The Morgan fingerprint density at radius 1 is 1.39 bits per heavy atom. The number of nitrogens with two attached hydrogens (primary N) is 1. The number of aliphatic carboxylic acids is 1. The molecule has 1 unspecified atom stereocenters. The van der Waals surface area contributed by atoms with Crippen molar-refractivity contribution in [3.05, 3.63) is 38.8 Å². The fraction of sp³-hybridized carbons (Fsp3) is 0.350. The Labute approximate surface area is 215 Å². The highest BCUT2D eigenvalue weighted by Gasteiger charge is 2.56. The first-order valence-electron chi connectivity index (χ1n) is 10.3. The van der Waals surface area contributed by atoms with Gasteiger partial charge in [0.05, 0.1) is 12.1 Å². The van der Waals surface area contributed by atoms with Gasteiger partial charge in [-0.2, -0.15) is 16.7 Å². The molecule has 1 aliphatic heterocycles. The second-order valence-electron chi connectivity index (χ2n) is 7.74. The third kappa shape index (κ3) is 4.83. The van der Waals surface area contributed by atoms with Crippen molar-refractivity contribution in [2.24, 2.45) is 18.1 Å². The molecule has 0 bridgehead atoms. The lowest BCUT2D eigenvalue weighted by atomic mass is 9.71. The molecule has 1 aliphatic carbocycles. The zero-order valence-electron chi connectivity index (χ0n) is 18.8. The van der Waals surface area contributed by atoms with Crippen LogP contribution >= 0.6 is 34.9 Å². The first kappa shape index (κ1) is 25.7. The molecule has 13 nitrogen and oxygen atoms in total. The first-order chi connectivity index (χ1) is 17.1. The summed E-state index contributed by atoms with van der Waals surface area (Å²) in [7, 11) is 2.86. The van der Waals surface area contributed by atoms with E-state index in [0.717, 1.165) is 23.1 Å². The number of aromatic hydroxyl groups is 1. The molecule has 2 aromatic heterocycles. The number of rotatable bonds is 8. The molecule has 2 aromatic rings. The molecule has 16 heteroatoms. The summed E-state index contributed by atoms with van der Waals surface area (Å²) < 4.78 is 1.45. The topological polar surface area (TPSA) is 199 Å². The Balaban J connectivity index is 1.51. The zero-order chi connectivity index (χ0) is 26.1. The molecule has 0 radical (unpaired) electrons. The minimum absolute atomic E-state index is 0.0106. The van der Waals surface area contributed by atoms with Crippen molar-refractivity contribution in [2.75, 3.05) is 24.3 Å². The Kier molecular flexibility index (Phi) is 7.37. The highest BCUT2D eigenvalue weighted by Crippen LogP contribution is 2.46. The van der Waals surface area contributed by atoms with E-state index in [0.29, 0.717) is 16.5 Å². The number of thiazole rings is 1. The summed E-state index contributed by atoms with van der Waals surface area (Å²) in [4.78, 5) is 62.2. The summed E-state index contributed by atoms with van der Waals surface area (Å²) in [6.07, 6.45) is 1.22. The van der Waals surface area contributed by atoms with Crippen LogP contribution in [0.15, 0.2) is 37.8 Å². The molecule has 190 valence electrons. The zero-order valence-corrected chi connectivity index (χ0v) is 21.3. The number of aryl methyl sites for hydroxylation is 1. The lowest BCUT2D eigenvalue weighted by molar-refractivity contribution is -0.139. The predicted octanol–water partition coefficient (Wildman–Crippen LogP) is -0.152. The second-order valence-corrected chi connectivity index (χ2v) is 10.7. The van der Waals surface area contributed by atoms with Gasteiger partial charge in [-0.15, -0.1) is 11.3 Å². The minimum Gasteiger partial charge on any atom is -0.502 e. The summed E-state index contributed by atoms with van der Waals surface area (Å²) in [5.74, 6) is -3.23. The number of carbonyl (C=O) groups excluding carboxylic acids is 2. The fourth-order valence-electron chi connectivity index (χ4n) is 3.85. The van der Waals surface area contributed by atoms with Crippen LogP contribution in [0.3, 0.4) is 0 Å². The van der Waals surface area contributed by atoms with Gasteiger partial charge in [-0.3, -0.25) is 14.4 Å². The van der Waals surface area contributed by atoms with Gasteiger partial charge in [0.1, 0.15) is 18.8 Å². The largest absolute Gasteiger partial charge is 0.502 e. The first-order valence-corrected chi connectivity index (χ1v) is 13.2. The average molecular weight is 553 g/mol. The van der Waals surface area contributed by atoms with Gasteiger partial charge >= 0.3 is 11.5 Å². The van der Waals surface area contributed by atoms with Crippen LogP contribution in [0.25, 0.3) is 0 Å². The molecule has 1 fully saturated rings. The highest BCUT2D eigenvalue weighted by molar-refractivity contribution is 8.01.